The number of nitrogens with one attached hydrogen (secondary N) is 1. The zero-order valence-electron chi connectivity index (χ0n) is 11.9. The maximum Gasteiger partial charge on any atom is 0.120 e. The van der Waals surface area contributed by atoms with E-state index < -0.39 is 0 Å². The monoisotopic (exact) mass is 309 g/mol. The highest BCUT2D eigenvalue weighted by Gasteiger charge is 2.10. The van der Waals surface area contributed by atoms with E-state index in [1.165, 1.54) is 9.75 Å². The van der Waals surface area contributed by atoms with Gasteiger partial charge in [0, 0.05) is 27.2 Å². The molecule has 2 aromatic rings. The van der Waals surface area contributed by atoms with Gasteiger partial charge in [-0.1, -0.05) is 24.6 Å². The van der Waals surface area contributed by atoms with Gasteiger partial charge in [0.1, 0.15) is 12.4 Å². The van der Waals surface area contributed by atoms with Crippen LogP contribution in [-0.4, -0.2) is 19.7 Å². The van der Waals surface area contributed by atoms with Crippen molar-refractivity contribution < 1.29 is 4.74 Å². The number of aryl methyl sites for hydroxylation is 1. The lowest BCUT2D eigenvalue weighted by Crippen LogP contribution is -2.33. The van der Waals surface area contributed by atoms with Crippen LogP contribution in [0.3, 0.4) is 0 Å². The topological polar surface area (TPSA) is 21.3 Å². The maximum absolute atomic E-state index is 5.95. The lowest BCUT2D eigenvalue weighted by Gasteiger charge is -2.16. The normalized spacial score (nSPS) is 12.3. The minimum Gasteiger partial charge on any atom is -0.492 e. The molecule has 0 aliphatic carbocycles. The molecule has 1 atom stereocenters. The van der Waals surface area contributed by atoms with Crippen LogP contribution in [-0.2, 0) is 12.8 Å². The van der Waals surface area contributed by atoms with E-state index in [0.29, 0.717) is 17.7 Å². The predicted octanol–water partition coefficient (Wildman–Crippen LogP) is 4.17. The van der Waals surface area contributed by atoms with E-state index in [1.54, 1.807) is 0 Å². The van der Waals surface area contributed by atoms with E-state index in [9.17, 15) is 0 Å². The first-order chi connectivity index (χ1) is 9.71. The molecule has 2 rings (SSSR count). The third kappa shape index (κ3) is 4.51. The van der Waals surface area contributed by atoms with Gasteiger partial charge in [-0.2, -0.15) is 0 Å². The van der Waals surface area contributed by atoms with Crippen molar-refractivity contribution in [3.8, 4) is 5.75 Å². The lowest BCUT2D eigenvalue weighted by atomic mass is 10.2. The molecule has 1 heterocycles. The van der Waals surface area contributed by atoms with Crippen LogP contribution < -0.4 is 10.1 Å². The molecule has 1 aromatic heterocycles. The highest BCUT2D eigenvalue weighted by Crippen LogP contribution is 2.20. The van der Waals surface area contributed by atoms with Gasteiger partial charge in [-0.25, -0.2) is 0 Å². The fourth-order valence-electron chi connectivity index (χ4n) is 1.96. The Hall–Kier alpha value is -1.03. The van der Waals surface area contributed by atoms with Crippen molar-refractivity contribution >= 4 is 22.9 Å². The average Bonchev–Trinajstić information content (AvgIpc) is 2.91. The molecule has 0 radical (unpaired) electrons. The second kappa shape index (κ2) is 7.67. The Morgan fingerprint density at radius 1 is 1.25 bits per heavy atom. The van der Waals surface area contributed by atoms with Crippen molar-refractivity contribution in [3.63, 3.8) is 0 Å². The van der Waals surface area contributed by atoms with Gasteiger partial charge in [0.2, 0.25) is 0 Å². The smallest absolute Gasteiger partial charge is 0.120 e. The molecule has 0 aliphatic rings. The maximum atomic E-state index is 5.95. The minimum absolute atomic E-state index is 0.303. The van der Waals surface area contributed by atoms with Crippen molar-refractivity contribution in [3.05, 3.63) is 51.2 Å². The van der Waals surface area contributed by atoms with Crippen molar-refractivity contribution in [1.82, 2.24) is 5.32 Å². The fourth-order valence-corrected chi connectivity index (χ4v) is 3.18. The van der Waals surface area contributed by atoms with Gasteiger partial charge >= 0.3 is 0 Å². The molecule has 108 valence electrons. The molecule has 0 bridgehead atoms. The first-order valence-electron chi connectivity index (χ1n) is 6.84. The summed E-state index contributed by atoms with van der Waals surface area (Å²) in [6, 6.07) is 12.3. The Kier molecular flexibility index (Phi) is 5.89. The number of hydrogen-bond acceptors (Lipinski definition) is 3. The van der Waals surface area contributed by atoms with Crippen LogP contribution in [0.4, 0.5) is 0 Å². The summed E-state index contributed by atoms with van der Waals surface area (Å²) in [6.45, 7) is 2.82. The second-order valence-electron chi connectivity index (χ2n) is 4.68. The van der Waals surface area contributed by atoms with Crippen LogP contribution in [0.25, 0.3) is 0 Å². The van der Waals surface area contributed by atoms with Crippen LogP contribution in [0.15, 0.2) is 36.4 Å². The predicted molar refractivity (Wildman–Crippen MR) is 87.2 cm³/mol. The molecule has 1 unspecified atom stereocenters. The standard InChI is InChI=1S/C16H20ClNOS/c1-3-15-7-8-16(20-15)10-13(18-2)11-19-14-6-4-5-12(17)9-14/h4-9,13,18H,3,10-11H2,1-2H3. The van der Waals surface area contributed by atoms with E-state index in [1.807, 2.05) is 42.6 Å². The van der Waals surface area contributed by atoms with Crippen LogP contribution in [0.5, 0.6) is 5.75 Å². The second-order valence-corrected chi connectivity index (χ2v) is 6.37. The number of ether oxygens (including phenoxy) is 1. The number of hydrogen-bond donors (Lipinski definition) is 1. The molecule has 0 saturated heterocycles. The summed E-state index contributed by atoms with van der Waals surface area (Å²) in [6.07, 6.45) is 2.09. The number of likely N-dealkylation sites (N-methyl/N-ethyl adjacent to an activating group) is 1. The molecular formula is C16H20ClNOS. The fraction of sp³-hybridized carbons (Fsp3) is 0.375. The molecule has 2 nitrogen and oxygen atoms in total. The molecule has 0 amide bonds. The summed E-state index contributed by atoms with van der Waals surface area (Å²) < 4.78 is 5.80. The summed E-state index contributed by atoms with van der Waals surface area (Å²) in [5, 5.41) is 4.01. The zero-order chi connectivity index (χ0) is 14.4. The average molecular weight is 310 g/mol. The first-order valence-corrected chi connectivity index (χ1v) is 8.04. The number of thiophene rings is 1. The van der Waals surface area contributed by atoms with Crippen molar-refractivity contribution in [2.24, 2.45) is 0 Å². The van der Waals surface area contributed by atoms with E-state index in [0.717, 1.165) is 18.6 Å². The molecule has 0 fully saturated rings. The Labute approximate surface area is 129 Å². The molecule has 0 saturated carbocycles. The summed E-state index contributed by atoms with van der Waals surface area (Å²) in [7, 11) is 1.97. The van der Waals surface area contributed by atoms with Gasteiger partial charge in [-0.05, 0) is 43.8 Å². The first kappa shape index (κ1) is 15.4. The number of rotatable bonds is 7. The largest absolute Gasteiger partial charge is 0.492 e. The molecule has 1 aromatic carbocycles. The van der Waals surface area contributed by atoms with Gasteiger partial charge < -0.3 is 10.1 Å². The molecule has 4 heteroatoms. The quantitative estimate of drug-likeness (QED) is 0.828. The molecule has 0 spiro atoms. The Balaban J connectivity index is 1.89. The summed E-state index contributed by atoms with van der Waals surface area (Å²) in [5.74, 6) is 0.818. The SMILES string of the molecule is CCc1ccc(CC(COc2cccc(Cl)c2)NC)s1. The Morgan fingerprint density at radius 3 is 2.70 bits per heavy atom. The van der Waals surface area contributed by atoms with Gasteiger partial charge in [0.15, 0.2) is 0 Å². The van der Waals surface area contributed by atoms with Gasteiger partial charge in [0.25, 0.3) is 0 Å². The van der Waals surface area contributed by atoms with Gasteiger partial charge in [-0.3, -0.25) is 0 Å². The van der Waals surface area contributed by atoms with E-state index >= 15 is 0 Å². The highest BCUT2D eigenvalue weighted by molar-refractivity contribution is 7.11. The zero-order valence-corrected chi connectivity index (χ0v) is 13.4. The van der Waals surface area contributed by atoms with Crippen LogP contribution in [0.2, 0.25) is 5.02 Å². The molecule has 1 N–H and O–H groups in total. The third-order valence-electron chi connectivity index (χ3n) is 3.17. The number of halogens is 1. The summed E-state index contributed by atoms with van der Waals surface area (Å²) in [4.78, 5) is 2.83. The van der Waals surface area contributed by atoms with Gasteiger partial charge in [-0.15, -0.1) is 11.3 Å². The van der Waals surface area contributed by atoms with E-state index in [2.05, 4.69) is 24.4 Å². The molecule has 20 heavy (non-hydrogen) atoms. The van der Waals surface area contributed by atoms with E-state index in [4.69, 9.17) is 16.3 Å². The van der Waals surface area contributed by atoms with Crippen molar-refractivity contribution in [1.29, 1.82) is 0 Å². The summed E-state index contributed by atoms with van der Waals surface area (Å²) >= 11 is 7.83. The Morgan fingerprint density at radius 2 is 2.05 bits per heavy atom. The minimum atomic E-state index is 0.303. The van der Waals surface area contributed by atoms with Crippen molar-refractivity contribution in [2.45, 2.75) is 25.8 Å². The van der Waals surface area contributed by atoms with Crippen LogP contribution >= 0.6 is 22.9 Å². The lowest BCUT2D eigenvalue weighted by molar-refractivity contribution is 0.270. The highest BCUT2D eigenvalue weighted by atomic mass is 35.5. The molecule has 0 aliphatic heterocycles. The van der Waals surface area contributed by atoms with Crippen molar-refractivity contribution in [2.75, 3.05) is 13.7 Å². The summed E-state index contributed by atoms with van der Waals surface area (Å²) in [5.41, 5.74) is 0. The van der Waals surface area contributed by atoms with Crippen LogP contribution in [0, 0.1) is 0 Å². The van der Waals surface area contributed by atoms with E-state index in [-0.39, 0.29) is 0 Å². The Bertz CT molecular complexity index is 541. The molecular weight excluding hydrogens is 290 g/mol. The van der Waals surface area contributed by atoms with Gasteiger partial charge in [0.05, 0.1) is 0 Å². The van der Waals surface area contributed by atoms with Crippen LogP contribution in [0.1, 0.15) is 16.7 Å². The third-order valence-corrected chi connectivity index (χ3v) is 4.66. The number of benzene rings is 1.